The third-order valence-electron chi connectivity index (χ3n) is 8.37. The van der Waals surface area contributed by atoms with E-state index in [0.29, 0.717) is 18.0 Å². The number of urea groups is 1. The van der Waals surface area contributed by atoms with Gasteiger partial charge in [0.2, 0.25) is 0 Å². The van der Waals surface area contributed by atoms with Gasteiger partial charge in [-0.15, -0.1) is 11.3 Å². The maximum absolute atomic E-state index is 13.6. The molecule has 3 aromatic rings. The van der Waals surface area contributed by atoms with Crippen LogP contribution in [0.4, 0.5) is 9.18 Å². The molecule has 2 aromatic carbocycles. The first kappa shape index (κ1) is 23.6. The number of hydrogen-bond donors (Lipinski definition) is 0. The lowest BCUT2D eigenvalue weighted by atomic mass is 9.89. The van der Waals surface area contributed by atoms with Crippen molar-refractivity contribution in [1.82, 2.24) is 14.7 Å². The Morgan fingerprint density at radius 1 is 0.944 bits per heavy atom. The Morgan fingerprint density at radius 2 is 1.69 bits per heavy atom. The van der Waals surface area contributed by atoms with Gasteiger partial charge in [0, 0.05) is 23.4 Å². The van der Waals surface area contributed by atoms with Crippen LogP contribution in [0.2, 0.25) is 0 Å². The van der Waals surface area contributed by atoms with E-state index in [1.807, 2.05) is 29.2 Å². The van der Waals surface area contributed by atoms with Gasteiger partial charge in [-0.3, -0.25) is 9.69 Å². The Hall–Kier alpha value is -2.77. The van der Waals surface area contributed by atoms with Gasteiger partial charge in [0.05, 0.1) is 12.1 Å². The second-order valence-corrected chi connectivity index (χ2v) is 11.3. The van der Waals surface area contributed by atoms with E-state index in [0.717, 1.165) is 62.9 Å². The van der Waals surface area contributed by atoms with Crippen LogP contribution in [0.1, 0.15) is 60.4 Å². The van der Waals surface area contributed by atoms with Crippen molar-refractivity contribution in [3.05, 3.63) is 70.9 Å². The summed E-state index contributed by atoms with van der Waals surface area (Å²) in [5.41, 5.74) is 1.94. The first-order valence-electron chi connectivity index (χ1n) is 13.2. The summed E-state index contributed by atoms with van der Waals surface area (Å²) in [5, 5.41) is 3.39. The topological polar surface area (TPSA) is 43.9 Å². The van der Waals surface area contributed by atoms with Crippen molar-refractivity contribution in [3.63, 3.8) is 0 Å². The van der Waals surface area contributed by atoms with E-state index in [4.69, 9.17) is 0 Å². The summed E-state index contributed by atoms with van der Waals surface area (Å²) in [7, 11) is 0. The molecule has 0 spiro atoms. The van der Waals surface area contributed by atoms with Crippen LogP contribution in [0, 0.1) is 5.82 Å². The lowest BCUT2D eigenvalue weighted by Gasteiger charge is -2.35. The van der Waals surface area contributed by atoms with Crippen LogP contribution < -0.4 is 0 Å². The van der Waals surface area contributed by atoms with Crippen LogP contribution >= 0.6 is 11.3 Å². The molecule has 0 N–H and O–H groups in total. The van der Waals surface area contributed by atoms with Crippen LogP contribution in [0.25, 0.3) is 10.1 Å². The molecule has 1 saturated carbocycles. The maximum atomic E-state index is 13.6. The number of thiophene rings is 1. The number of rotatable bonds is 5. The fourth-order valence-corrected chi connectivity index (χ4v) is 7.52. The summed E-state index contributed by atoms with van der Waals surface area (Å²) < 4.78 is 14.6. The summed E-state index contributed by atoms with van der Waals surface area (Å²) in [5.74, 6) is 0.158. The summed E-state index contributed by atoms with van der Waals surface area (Å²) >= 11 is 1.63. The number of fused-ring (bicyclic) bond motifs is 2. The van der Waals surface area contributed by atoms with Gasteiger partial charge in [0.1, 0.15) is 5.82 Å². The van der Waals surface area contributed by atoms with E-state index in [2.05, 4.69) is 10.3 Å². The fraction of sp³-hybridized carbons (Fsp3) is 0.448. The van der Waals surface area contributed by atoms with E-state index in [-0.39, 0.29) is 29.8 Å². The smallest absolute Gasteiger partial charge is 0.318 e. The second kappa shape index (κ2) is 9.94. The molecule has 0 bridgehead atoms. The number of hydrogen-bond acceptors (Lipinski definition) is 4. The molecule has 0 radical (unpaired) electrons. The summed E-state index contributed by atoms with van der Waals surface area (Å²) in [6, 6.07) is 14.3. The Bertz CT molecular complexity index is 1250. The van der Waals surface area contributed by atoms with E-state index in [1.54, 1.807) is 40.5 Å². The van der Waals surface area contributed by atoms with Crippen molar-refractivity contribution < 1.29 is 14.0 Å². The normalized spacial score (nSPS) is 23.4. The Kier molecular flexibility index (Phi) is 6.52. The number of carbonyl (C=O) groups excluding carboxylic acids is 2. The van der Waals surface area contributed by atoms with Crippen molar-refractivity contribution in [3.8, 4) is 0 Å². The highest BCUT2D eigenvalue weighted by Gasteiger charge is 2.49. The fourth-order valence-electron chi connectivity index (χ4n) is 6.45. The number of nitrogens with zero attached hydrogens (tertiary/aromatic N) is 3. The highest BCUT2D eigenvalue weighted by molar-refractivity contribution is 7.17. The molecule has 2 atom stereocenters. The maximum Gasteiger partial charge on any atom is 0.327 e. The van der Waals surface area contributed by atoms with Crippen molar-refractivity contribution in [2.45, 2.75) is 56.5 Å². The van der Waals surface area contributed by atoms with Crippen LogP contribution in [-0.2, 0) is 0 Å². The van der Waals surface area contributed by atoms with Crippen LogP contribution in [-0.4, -0.2) is 64.9 Å². The predicted octanol–water partition coefficient (Wildman–Crippen LogP) is 6.11. The Labute approximate surface area is 215 Å². The number of halogens is 1. The molecular weight excluding hydrogens is 473 g/mol. The standard InChI is InChI=1S/C29H32FN3O2S/c30-22-10-11-23-24(19-36-27(23)18-22)20-12-14-31(15-13-20)16-17-32-25-8-4-5-9-26(25)33(29(32)35)28(34)21-6-2-1-3-7-21/h1-3,6-7,10-11,18-20,25-26H,4-5,8-9,12-17H2. The number of benzene rings is 2. The molecule has 3 heterocycles. The number of likely N-dealkylation sites (tertiary alicyclic amines) is 1. The van der Waals surface area contributed by atoms with Gasteiger partial charge in [-0.1, -0.05) is 37.1 Å². The van der Waals surface area contributed by atoms with E-state index < -0.39 is 0 Å². The number of amides is 3. The zero-order chi connectivity index (χ0) is 24.6. The summed E-state index contributed by atoms with van der Waals surface area (Å²) in [6.07, 6.45) is 6.20. The molecule has 36 heavy (non-hydrogen) atoms. The van der Waals surface area contributed by atoms with Crippen LogP contribution in [0.3, 0.4) is 0 Å². The lowest BCUT2D eigenvalue weighted by Crippen LogP contribution is -2.44. The third-order valence-corrected chi connectivity index (χ3v) is 9.33. The zero-order valence-electron chi connectivity index (χ0n) is 20.4. The van der Waals surface area contributed by atoms with Crippen molar-refractivity contribution in [2.24, 2.45) is 0 Å². The van der Waals surface area contributed by atoms with Gasteiger partial charge in [-0.05, 0) is 85.3 Å². The monoisotopic (exact) mass is 505 g/mol. The average Bonchev–Trinajstić information content (AvgIpc) is 3.45. The molecule has 2 unspecified atom stereocenters. The minimum atomic E-state index is -0.175. The first-order chi connectivity index (χ1) is 17.6. The van der Waals surface area contributed by atoms with Crippen LogP contribution in [0.5, 0.6) is 0 Å². The largest absolute Gasteiger partial charge is 0.327 e. The van der Waals surface area contributed by atoms with Gasteiger partial charge in [0.15, 0.2) is 0 Å². The molecule has 1 aromatic heterocycles. The highest BCUT2D eigenvalue weighted by Crippen LogP contribution is 2.38. The Morgan fingerprint density at radius 3 is 2.47 bits per heavy atom. The molecular formula is C29H32FN3O2S. The molecule has 188 valence electrons. The third kappa shape index (κ3) is 4.33. The minimum Gasteiger partial charge on any atom is -0.318 e. The number of imide groups is 1. The summed E-state index contributed by atoms with van der Waals surface area (Å²) in [4.78, 5) is 32.8. The summed E-state index contributed by atoms with van der Waals surface area (Å²) in [6.45, 7) is 3.49. The molecule has 2 aliphatic heterocycles. The van der Waals surface area contributed by atoms with Gasteiger partial charge >= 0.3 is 6.03 Å². The molecule has 1 aliphatic carbocycles. The lowest BCUT2D eigenvalue weighted by molar-refractivity contribution is 0.0757. The molecule has 2 saturated heterocycles. The molecule has 7 heteroatoms. The van der Waals surface area contributed by atoms with Crippen molar-refractivity contribution >= 4 is 33.4 Å². The van der Waals surface area contributed by atoms with Gasteiger partial charge in [0.25, 0.3) is 5.91 Å². The Balaban J connectivity index is 1.09. The van der Waals surface area contributed by atoms with E-state index >= 15 is 0 Å². The molecule has 5 nitrogen and oxygen atoms in total. The second-order valence-electron chi connectivity index (χ2n) is 10.4. The number of carbonyl (C=O) groups is 2. The van der Waals surface area contributed by atoms with E-state index in [9.17, 15) is 14.0 Å². The average molecular weight is 506 g/mol. The quantitative estimate of drug-likeness (QED) is 0.420. The number of piperidine rings is 1. The molecule has 6 rings (SSSR count). The molecule has 3 amide bonds. The van der Waals surface area contributed by atoms with Crippen LogP contribution in [0.15, 0.2) is 53.9 Å². The molecule has 3 fully saturated rings. The van der Waals surface area contributed by atoms with Gasteiger partial charge in [-0.2, -0.15) is 0 Å². The van der Waals surface area contributed by atoms with Crippen molar-refractivity contribution in [1.29, 1.82) is 0 Å². The first-order valence-corrected chi connectivity index (χ1v) is 14.1. The zero-order valence-corrected chi connectivity index (χ0v) is 21.3. The predicted molar refractivity (Wildman–Crippen MR) is 141 cm³/mol. The highest BCUT2D eigenvalue weighted by atomic mass is 32.1. The minimum absolute atomic E-state index is 0.0126. The van der Waals surface area contributed by atoms with Gasteiger partial charge in [-0.25, -0.2) is 9.18 Å². The SMILES string of the molecule is O=C(c1ccccc1)N1C(=O)N(CCN2CCC(c3csc4cc(F)ccc34)CC2)C2CCCCC21. The van der Waals surface area contributed by atoms with Gasteiger partial charge < -0.3 is 9.80 Å². The van der Waals surface area contributed by atoms with Crippen molar-refractivity contribution in [2.75, 3.05) is 26.2 Å². The van der Waals surface area contributed by atoms with E-state index in [1.165, 1.54) is 10.9 Å². The molecule has 3 aliphatic rings.